The monoisotopic (exact) mass is 456 g/mol. The average Bonchev–Trinajstić information content (AvgIpc) is 3.24. The molecule has 0 unspecified atom stereocenters. The van der Waals surface area contributed by atoms with Crippen molar-refractivity contribution in [2.24, 2.45) is 0 Å². The molecule has 0 radical (unpaired) electrons. The van der Waals surface area contributed by atoms with Gasteiger partial charge in [-0.05, 0) is 43.2 Å². The van der Waals surface area contributed by atoms with E-state index in [0.717, 1.165) is 29.9 Å². The van der Waals surface area contributed by atoms with E-state index in [0.29, 0.717) is 19.5 Å². The van der Waals surface area contributed by atoms with Crippen molar-refractivity contribution in [2.45, 2.75) is 24.7 Å². The molecule has 0 spiro atoms. The summed E-state index contributed by atoms with van der Waals surface area (Å²) < 4.78 is 26.9. The molecule has 2 heterocycles. The number of carbonyl (C=O) groups is 2. The lowest BCUT2D eigenvalue weighted by Gasteiger charge is -2.34. The number of piperazine rings is 1. The molecule has 2 amide bonds. The van der Waals surface area contributed by atoms with E-state index in [9.17, 15) is 18.0 Å². The minimum absolute atomic E-state index is 0.0798. The van der Waals surface area contributed by atoms with Gasteiger partial charge in [0.1, 0.15) is 0 Å². The molecule has 170 valence electrons. The maximum Gasteiger partial charge on any atom is 0.243 e. The number of benzene rings is 2. The third kappa shape index (κ3) is 4.49. The number of anilines is 2. The van der Waals surface area contributed by atoms with Gasteiger partial charge in [-0.15, -0.1) is 0 Å². The van der Waals surface area contributed by atoms with Gasteiger partial charge in [-0.1, -0.05) is 24.3 Å². The smallest absolute Gasteiger partial charge is 0.243 e. The van der Waals surface area contributed by atoms with Crippen LogP contribution in [0.25, 0.3) is 0 Å². The van der Waals surface area contributed by atoms with Crippen LogP contribution in [0.4, 0.5) is 11.4 Å². The molecule has 0 saturated carbocycles. The molecule has 2 aliphatic rings. The van der Waals surface area contributed by atoms with Gasteiger partial charge < -0.3 is 15.1 Å². The zero-order valence-electron chi connectivity index (χ0n) is 18.2. The first kappa shape index (κ1) is 22.3. The molecule has 2 fully saturated rings. The summed E-state index contributed by atoms with van der Waals surface area (Å²) in [5.41, 5.74) is 2.64. The minimum atomic E-state index is -3.54. The first-order chi connectivity index (χ1) is 15.4. The number of sulfonamides is 1. The third-order valence-corrected chi connectivity index (χ3v) is 7.98. The minimum Gasteiger partial charge on any atom is -0.376 e. The second-order valence-corrected chi connectivity index (χ2v) is 9.99. The average molecular weight is 457 g/mol. The summed E-state index contributed by atoms with van der Waals surface area (Å²) in [4.78, 5) is 28.6. The summed E-state index contributed by atoms with van der Waals surface area (Å²) in [6.07, 6.45) is 1.43. The van der Waals surface area contributed by atoms with E-state index in [4.69, 9.17) is 0 Å². The van der Waals surface area contributed by atoms with E-state index in [1.54, 1.807) is 40.1 Å². The molecule has 2 aromatic rings. The first-order valence-corrected chi connectivity index (χ1v) is 12.3. The maximum atomic E-state index is 12.8. The summed E-state index contributed by atoms with van der Waals surface area (Å²) in [6.45, 7) is 4.04. The fourth-order valence-corrected chi connectivity index (χ4v) is 5.66. The van der Waals surface area contributed by atoms with Gasteiger partial charge >= 0.3 is 0 Å². The molecule has 0 aromatic heterocycles. The van der Waals surface area contributed by atoms with Gasteiger partial charge in [-0.25, -0.2) is 8.42 Å². The van der Waals surface area contributed by atoms with Crippen LogP contribution in [0.1, 0.15) is 18.4 Å². The van der Waals surface area contributed by atoms with Gasteiger partial charge in [-0.3, -0.25) is 9.59 Å². The summed E-state index contributed by atoms with van der Waals surface area (Å²) >= 11 is 0. The second-order valence-electron chi connectivity index (χ2n) is 8.05. The SMILES string of the molecule is Cc1c(NCC(=O)N2CCN(S(=O)(=O)c3ccccc3)CC2)cccc1N1CCCC1=O. The quantitative estimate of drug-likeness (QED) is 0.719. The number of hydrogen-bond acceptors (Lipinski definition) is 5. The summed E-state index contributed by atoms with van der Waals surface area (Å²) in [5, 5.41) is 3.19. The highest BCUT2D eigenvalue weighted by Crippen LogP contribution is 2.29. The van der Waals surface area contributed by atoms with Crippen LogP contribution in [-0.2, 0) is 19.6 Å². The highest BCUT2D eigenvalue weighted by atomic mass is 32.2. The third-order valence-electron chi connectivity index (χ3n) is 6.07. The van der Waals surface area contributed by atoms with Gasteiger partial charge in [0.15, 0.2) is 0 Å². The Balaban J connectivity index is 1.34. The van der Waals surface area contributed by atoms with E-state index in [2.05, 4.69) is 5.32 Å². The Morgan fingerprint density at radius 3 is 2.34 bits per heavy atom. The lowest BCUT2D eigenvalue weighted by molar-refractivity contribution is -0.130. The van der Waals surface area contributed by atoms with Gasteiger partial charge in [0.2, 0.25) is 21.8 Å². The fourth-order valence-electron chi connectivity index (χ4n) is 4.21. The van der Waals surface area contributed by atoms with Gasteiger partial charge in [0.05, 0.1) is 11.4 Å². The number of nitrogens with zero attached hydrogens (tertiary/aromatic N) is 3. The summed E-state index contributed by atoms with van der Waals surface area (Å²) in [6, 6.07) is 14.1. The van der Waals surface area contributed by atoms with E-state index >= 15 is 0 Å². The van der Waals surface area contributed by atoms with Gasteiger partial charge in [0, 0.05) is 50.5 Å². The maximum absolute atomic E-state index is 12.8. The van der Waals surface area contributed by atoms with Crippen molar-refractivity contribution in [3.8, 4) is 0 Å². The second kappa shape index (κ2) is 9.30. The predicted octanol–water partition coefficient (Wildman–Crippen LogP) is 2.07. The lowest BCUT2D eigenvalue weighted by atomic mass is 10.1. The molecule has 32 heavy (non-hydrogen) atoms. The molecule has 0 atom stereocenters. The largest absolute Gasteiger partial charge is 0.376 e. The highest BCUT2D eigenvalue weighted by molar-refractivity contribution is 7.89. The van der Waals surface area contributed by atoms with Crippen molar-refractivity contribution in [1.82, 2.24) is 9.21 Å². The van der Waals surface area contributed by atoms with Crippen molar-refractivity contribution < 1.29 is 18.0 Å². The predicted molar refractivity (Wildman–Crippen MR) is 123 cm³/mol. The lowest BCUT2D eigenvalue weighted by Crippen LogP contribution is -2.51. The standard InChI is InChI=1S/C23H28N4O4S/c1-18-20(9-5-10-21(18)27-12-6-11-22(27)28)24-17-23(29)25-13-15-26(16-14-25)32(30,31)19-7-3-2-4-8-19/h2-5,7-10,24H,6,11-17H2,1H3. The van der Waals surface area contributed by atoms with E-state index in [-0.39, 0.29) is 36.3 Å². The Morgan fingerprint density at radius 2 is 1.69 bits per heavy atom. The molecule has 4 rings (SSSR count). The Hall–Kier alpha value is -2.91. The fraction of sp³-hybridized carbons (Fsp3) is 0.391. The summed E-state index contributed by atoms with van der Waals surface area (Å²) in [5.74, 6) is 0.0495. The van der Waals surface area contributed by atoms with Crippen LogP contribution in [0.5, 0.6) is 0 Å². The van der Waals surface area contributed by atoms with Crippen molar-refractivity contribution in [3.63, 3.8) is 0 Å². The molecule has 0 aliphatic carbocycles. The summed E-state index contributed by atoms with van der Waals surface area (Å²) in [7, 11) is -3.54. The molecule has 2 aliphatic heterocycles. The van der Waals surface area contributed by atoms with Crippen LogP contribution in [0.2, 0.25) is 0 Å². The van der Waals surface area contributed by atoms with Crippen molar-refractivity contribution in [1.29, 1.82) is 0 Å². The van der Waals surface area contributed by atoms with Crippen LogP contribution >= 0.6 is 0 Å². The van der Waals surface area contributed by atoms with Crippen molar-refractivity contribution in [2.75, 3.05) is 49.5 Å². The number of hydrogen-bond donors (Lipinski definition) is 1. The topological polar surface area (TPSA) is 90.0 Å². The highest BCUT2D eigenvalue weighted by Gasteiger charge is 2.30. The number of nitrogens with one attached hydrogen (secondary N) is 1. The van der Waals surface area contributed by atoms with E-state index in [1.807, 2.05) is 25.1 Å². The molecule has 2 saturated heterocycles. The van der Waals surface area contributed by atoms with Crippen molar-refractivity contribution in [3.05, 3.63) is 54.1 Å². The zero-order chi connectivity index (χ0) is 22.7. The first-order valence-electron chi connectivity index (χ1n) is 10.8. The molecular formula is C23H28N4O4S. The molecule has 8 nitrogen and oxygen atoms in total. The van der Waals surface area contributed by atoms with Gasteiger partial charge in [0.25, 0.3) is 0 Å². The Bertz CT molecular complexity index is 1100. The number of rotatable bonds is 6. The van der Waals surface area contributed by atoms with Gasteiger partial charge in [-0.2, -0.15) is 4.31 Å². The molecular weight excluding hydrogens is 428 g/mol. The molecule has 0 bridgehead atoms. The van der Waals surface area contributed by atoms with Crippen LogP contribution in [-0.4, -0.2) is 68.7 Å². The Morgan fingerprint density at radius 1 is 0.969 bits per heavy atom. The van der Waals surface area contributed by atoms with E-state index in [1.165, 1.54) is 4.31 Å². The van der Waals surface area contributed by atoms with Crippen LogP contribution in [0.15, 0.2) is 53.4 Å². The molecule has 2 aromatic carbocycles. The number of amides is 2. The zero-order valence-corrected chi connectivity index (χ0v) is 19.0. The van der Waals surface area contributed by atoms with Crippen molar-refractivity contribution >= 4 is 33.2 Å². The molecule has 9 heteroatoms. The number of carbonyl (C=O) groups excluding carboxylic acids is 2. The van der Waals surface area contributed by atoms with Crippen LogP contribution in [0, 0.1) is 6.92 Å². The Kier molecular flexibility index (Phi) is 6.48. The van der Waals surface area contributed by atoms with E-state index < -0.39 is 10.0 Å². The Labute approximate surface area is 188 Å². The normalized spacial score (nSPS) is 17.6. The molecule has 1 N–H and O–H groups in total. The van der Waals surface area contributed by atoms with Crippen LogP contribution in [0.3, 0.4) is 0 Å². The van der Waals surface area contributed by atoms with Crippen LogP contribution < -0.4 is 10.2 Å².